The molecular formula is C39H54F3NO10. The van der Waals surface area contributed by atoms with Crippen LogP contribution in [0, 0.1) is 0 Å². The van der Waals surface area contributed by atoms with Crippen molar-refractivity contribution < 1.29 is 61.1 Å². The lowest BCUT2D eigenvalue weighted by atomic mass is 9.91. The summed E-state index contributed by atoms with van der Waals surface area (Å²) in [6.07, 6.45) is 3.88. The highest BCUT2D eigenvalue weighted by Gasteiger charge is 2.52. The van der Waals surface area contributed by atoms with Crippen LogP contribution in [-0.2, 0) is 38.1 Å². The average molecular weight is 754 g/mol. The van der Waals surface area contributed by atoms with Crippen molar-refractivity contribution in [2.75, 3.05) is 13.2 Å². The molecule has 2 N–H and O–H groups in total. The number of hydrogen-bond acceptors (Lipinski definition) is 10. The Kier molecular flexibility index (Phi) is 16.5. The number of ether oxygens (including phenoxy) is 5. The SMILES string of the molecule is CCCCCC1(CCCCC)OC2C=C(C(=O)NC(CO)CCC(=O)OC(C)(C)C)CC(OC(=O)c3ccc(C=CC(=O)OCC(F)(F)F)cc3)C2O1. The van der Waals surface area contributed by atoms with Gasteiger partial charge in [0.25, 0.3) is 0 Å². The molecule has 4 atom stereocenters. The summed E-state index contributed by atoms with van der Waals surface area (Å²) in [7, 11) is 0. The first-order chi connectivity index (χ1) is 25.0. The summed E-state index contributed by atoms with van der Waals surface area (Å²) in [4.78, 5) is 51.0. The lowest BCUT2D eigenvalue weighted by molar-refractivity contribution is -0.190. The first-order valence-corrected chi connectivity index (χ1v) is 18.4. The van der Waals surface area contributed by atoms with Gasteiger partial charge in [-0.05, 0) is 69.9 Å². The third kappa shape index (κ3) is 14.9. The number of halogens is 3. The van der Waals surface area contributed by atoms with Gasteiger partial charge >= 0.3 is 24.1 Å². The van der Waals surface area contributed by atoms with Crippen LogP contribution in [0.1, 0.15) is 121 Å². The summed E-state index contributed by atoms with van der Waals surface area (Å²) in [6, 6.07) is 5.11. The van der Waals surface area contributed by atoms with Gasteiger partial charge in [-0.25, -0.2) is 9.59 Å². The fourth-order valence-electron chi connectivity index (χ4n) is 6.07. The topological polar surface area (TPSA) is 147 Å². The highest BCUT2D eigenvalue weighted by molar-refractivity contribution is 5.94. The molecule has 1 aromatic carbocycles. The van der Waals surface area contributed by atoms with E-state index in [4.69, 9.17) is 18.9 Å². The summed E-state index contributed by atoms with van der Waals surface area (Å²) in [5, 5.41) is 12.8. The fraction of sp³-hybridized carbons (Fsp3) is 0.641. The van der Waals surface area contributed by atoms with Crippen molar-refractivity contribution in [2.24, 2.45) is 0 Å². The number of hydrogen-bond donors (Lipinski definition) is 2. The molecule has 2 aliphatic rings. The zero-order valence-corrected chi connectivity index (χ0v) is 31.3. The molecule has 1 amide bonds. The summed E-state index contributed by atoms with van der Waals surface area (Å²) >= 11 is 0. The van der Waals surface area contributed by atoms with E-state index in [0.29, 0.717) is 18.4 Å². The summed E-state index contributed by atoms with van der Waals surface area (Å²) in [5.74, 6) is -3.76. The van der Waals surface area contributed by atoms with Crippen LogP contribution in [0.2, 0.25) is 0 Å². The van der Waals surface area contributed by atoms with Gasteiger partial charge in [0.15, 0.2) is 12.4 Å². The van der Waals surface area contributed by atoms with Crippen molar-refractivity contribution in [1.82, 2.24) is 5.32 Å². The average Bonchev–Trinajstić information content (AvgIpc) is 3.46. The number of esters is 3. The lowest BCUT2D eigenvalue weighted by Crippen LogP contribution is -2.45. The smallest absolute Gasteiger partial charge is 0.422 e. The monoisotopic (exact) mass is 753 g/mol. The van der Waals surface area contributed by atoms with E-state index in [9.17, 15) is 37.5 Å². The standard InChI is InChI=1S/C39H54F3NO10/c1-6-8-10-20-38(21-11-9-7-2)51-31-23-28(35(47)43-29(24-44)17-19-33(46)52-37(3,4)5)22-30(34(31)53-38)50-36(48)27-15-12-26(13-16-27)14-18-32(45)49-25-39(40,41)42/h12-16,18,23,29-31,34,44H,6-11,17,19-22,24-25H2,1-5H3,(H,43,47). The molecule has 53 heavy (non-hydrogen) atoms. The van der Waals surface area contributed by atoms with E-state index in [0.717, 1.165) is 44.6 Å². The molecule has 14 heteroatoms. The Labute approximate surface area is 309 Å². The predicted molar refractivity (Wildman–Crippen MR) is 189 cm³/mol. The van der Waals surface area contributed by atoms with E-state index in [1.165, 1.54) is 30.3 Å². The normalized spacial score (nSPS) is 20.3. The quantitative estimate of drug-likeness (QED) is 0.0662. The minimum absolute atomic E-state index is 0.00677. The second-order valence-electron chi connectivity index (χ2n) is 14.5. The number of fused-ring (bicyclic) bond motifs is 1. The zero-order valence-electron chi connectivity index (χ0n) is 31.3. The third-order valence-electron chi connectivity index (χ3n) is 8.66. The maximum absolute atomic E-state index is 13.6. The van der Waals surface area contributed by atoms with E-state index in [1.54, 1.807) is 26.8 Å². The summed E-state index contributed by atoms with van der Waals surface area (Å²) in [6.45, 7) is 7.34. The van der Waals surface area contributed by atoms with Gasteiger partial charge in [0.05, 0.1) is 18.2 Å². The van der Waals surface area contributed by atoms with Crippen LogP contribution in [0.3, 0.4) is 0 Å². The van der Waals surface area contributed by atoms with Crippen LogP contribution >= 0.6 is 0 Å². The molecule has 1 aliphatic heterocycles. The Hall–Kier alpha value is -3.75. The molecule has 296 valence electrons. The highest BCUT2D eigenvalue weighted by atomic mass is 19.4. The van der Waals surface area contributed by atoms with Gasteiger partial charge in [-0.1, -0.05) is 51.7 Å². The van der Waals surface area contributed by atoms with Crippen LogP contribution in [0.4, 0.5) is 13.2 Å². The number of carbonyl (C=O) groups excluding carboxylic acids is 4. The number of nitrogens with one attached hydrogen (secondary N) is 1. The van der Waals surface area contributed by atoms with Crippen molar-refractivity contribution in [2.45, 2.75) is 147 Å². The summed E-state index contributed by atoms with van der Waals surface area (Å²) in [5.41, 5.74) is 0.177. The number of amides is 1. The van der Waals surface area contributed by atoms with Crippen molar-refractivity contribution in [3.05, 3.63) is 53.1 Å². The number of aliphatic hydroxyl groups is 1. The molecule has 1 aromatic rings. The van der Waals surface area contributed by atoms with Crippen molar-refractivity contribution >= 4 is 29.9 Å². The molecule has 1 fully saturated rings. The highest BCUT2D eigenvalue weighted by Crippen LogP contribution is 2.43. The number of alkyl halides is 3. The first-order valence-electron chi connectivity index (χ1n) is 18.4. The van der Waals surface area contributed by atoms with Crippen LogP contribution in [0.5, 0.6) is 0 Å². The van der Waals surface area contributed by atoms with Crippen molar-refractivity contribution in [3.63, 3.8) is 0 Å². The van der Waals surface area contributed by atoms with Gasteiger partial charge in [0, 0.05) is 37.3 Å². The molecule has 1 heterocycles. The number of benzene rings is 1. The number of unbranched alkanes of at least 4 members (excludes halogenated alkanes) is 4. The Bertz CT molecular complexity index is 1420. The number of rotatable bonds is 19. The Morgan fingerprint density at radius 3 is 2.21 bits per heavy atom. The van der Waals surface area contributed by atoms with E-state index in [-0.39, 0.29) is 30.4 Å². The maximum atomic E-state index is 13.6. The largest absolute Gasteiger partial charge is 0.460 e. The van der Waals surface area contributed by atoms with Crippen LogP contribution in [0.25, 0.3) is 6.08 Å². The lowest BCUT2D eigenvalue weighted by Gasteiger charge is -2.31. The molecule has 0 spiro atoms. The van der Waals surface area contributed by atoms with E-state index >= 15 is 0 Å². The molecule has 0 bridgehead atoms. The van der Waals surface area contributed by atoms with E-state index in [2.05, 4.69) is 23.9 Å². The van der Waals surface area contributed by atoms with Gasteiger partial charge in [-0.15, -0.1) is 0 Å². The fourth-order valence-corrected chi connectivity index (χ4v) is 6.07. The van der Waals surface area contributed by atoms with Crippen LogP contribution in [-0.4, -0.2) is 84.1 Å². The minimum Gasteiger partial charge on any atom is -0.460 e. The van der Waals surface area contributed by atoms with E-state index in [1.807, 2.05) is 0 Å². The third-order valence-corrected chi connectivity index (χ3v) is 8.66. The van der Waals surface area contributed by atoms with Crippen molar-refractivity contribution in [3.8, 4) is 0 Å². The molecule has 0 aromatic heterocycles. The Balaban J connectivity index is 1.79. The molecule has 11 nitrogen and oxygen atoms in total. The van der Waals surface area contributed by atoms with E-state index < -0.39 is 78.9 Å². The molecule has 4 unspecified atom stereocenters. The van der Waals surface area contributed by atoms with Gasteiger partial charge in [0.2, 0.25) is 5.91 Å². The zero-order chi connectivity index (χ0) is 39.2. The van der Waals surface area contributed by atoms with Gasteiger partial charge in [-0.2, -0.15) is 13.2 Å². The second-order valence-corrected chi connectivity index (χ2v) is 14.5. The van der Waals surface area contributed by atoms with Gasteiger partial charge < -0.3 is 34.1 Å². The molecule has 1 aliphatic carbocycles. The molecule has 0 saturated carbocycles. The van der Waals surface area contributed by atoms with Crippen LogP contribution < -0.4 is 5.32 Å². The van der Waals surface area contributed by atoms with Gasteiger partial charge in [0.1, 0.15) is 23.9 Å². The second kappa shape index (κ2) is 20.1. The molecular weight excluding hydrogens is 699 g/mol. The Morgan fingerprint density at radius 1 is 1.00 bits per heavy atom. The first kappa shape index (κ1) is 43.7. The molecule has 3 rings (SSSR count). The maximum Gasteiger partial charge on any atom is 0.422 e. The van der Waals surface area contributed by atoms with Crippen LogP contribution in [0.15, 0.2) is 42.0 Å². The summed E-state index contributed by atoms with van der Waals surface area (Å²) < 4.78 is 65.7. The predicted octanol–water partition coefficient (Wildman–Crippen LogP) is 6.90. The van der Waals surface area contributed by atoms with Crippen molar-refractivity contribution in [1.29, 1.82) is 0 Å². The van der Waals surface area contributed by atoms with Gasteiger partial charge in [-0.3, -0.25) is 9.59 Å². The molecule has 1 saturated heterocycles. The minimum atomic E-state index is -4.64. The molecule has 0 radical (unpaired) electrons. The Morgan fingerprint density at radius 2 is 1.64 bits per heavy atom. The number of carbonyl (C=O) groups is 4. The number of aliphatic hydroxyl groups excluding tert-OH is 1.